The first-order valence-electron chi connectivity index (χ1n) is 8.56. The van der Waals surface area contributed by atoms with Crippen molar-refractivity contribution in [2.45, 2.75) is 19.4 Å². The van der Waals surface area contributed by atoms with Crippen molar-refractivity contribution in [1.29, 1.82) is 0 Å². The number of carboxylic acids is 1. The van der Waals surface area contributed by atoms with E-state index in [2.05, 4.69) is 21.9 Å². The molecule has 4 nitrogen and oxygen atoms in total. The summed E-state index contributed by atoms with van der Waals surface area (Å²) < 4.78 is 0. The summed E-state index contributed by atoms with van der Waals surface area (Å²) in [5.74, 6) is -0.762. The summed E-state index contributed by atoms with van der Waals surface area (Å²) in [7, 11) is 0. The number of aliphatic carboxylic acids is 1. The molecule has 0 amide bonds. The van der Waals surface area contributed by atoms with Crippen LogP contribution < -0.4 is 4.90 Å². The van der Waals surface area contributed by atoms with Crippen LogP contribution in [0.1, 0.15) is 11.1 Å². The Hall–Kier alpha value is -2.04. The lowest BCUT2D eigenvalue weighted by atomic mass is 9.99. The van der Waals surface area contributed by atoms with Gasteiger partial charge in [-0.05, 0) is 48.7 Å². The van der Waals surface area contributed by atoms with Gasteiger partial charge in [-0.25, -0.2) is 0 Å². The Morgan fingerprint density at radius 1 is 1.12 bits per heavy atom. The smallest absolute Gasteiger partial charge is 0.321 e. The van der Waals surface area contributed by atoms with E-state index >= 15 is 0 Å². The normalized spacial score (nSPS) is 16.6. The van der Waals surface area contributed by atoms with Gasteiger partial charge in [0.05, 0.1) is 0 Å². The number of rotatable bonds is 5. The minimum absolute atomic E-state index is 0.502. The highest BCUT2D eigenvalue weighted by Gasteiger charge is 2.29. The van der Waals surface area contributed by atoms with Crippen LogP contribution in [0.15, 0.2) is 48.5 Å². The van der Waals surface area contributed by atoms with Crippen LogP contribution in [0.5, 0.6) is 0 Å². The molecule has 0 aliphatic carbocycles. The van der Waals surface area contributed by atoms with E-state index in [0.29, 0.717) is 11.4 Å². The van der Waals surface area contributed by atoms with Gasteiger partial charge in [-0.15, -0.1) is 0 Å². The van der Waals surface area contributed by atoms with Gasteiger partial charge in [-0.1, -0.05) is 35.9 Å². The summed E-state index contributed by atoms with van der Waals surface area (Å²) in [6, 6.07) is 15.4. The second-order valence-corrected chi connectivity index (χ2v) is 6.92. The largest absolute Gasteiger partial charge is 0.480 e. The topological polar surface area (TPSA) is 43.8 Å². The van der Waals surface area contributed by atoms with E-state index in [1.165, 1.54) is 5.69 Å². The third kappa shape index (κ3) is 4.33. The van der Waals surface area contributed by atoms with E-state index in [1.54, 1.807) is 0 Å². The number of benzene rings is 2. The van der Waals surface area contributed by atoms with Crippen LogP contribution in [0.25, 0.3) is 0 Å². The number of aryl methyl sites for hydroxylation is 1. The number of anilines is 1. The highest BCUT2D eigenvalue weighted by atomic mass is 35.5. The Bertz CT molecular complexity index is 728. The minimum atomic E-state index is -0.762. The molecule has 2 aromatic carbocycles. The van der Waals surface area contributed by atoms with Crippen molar-refractivity contribution in [2.24, 2.45) is 0 Å². The van der Waals surface area contributed by atoms with Crippen LogP contribution in [0.2, 0.25) is 5.02 Å². The van der Waals surface area contributed by atoms with E-state index in [9.17, 15) is 9.90 Å². The Balaban J connectivity index is 1.67. The first-order chi connectivity index (χ1) is 12.0. The monoisotopic (exact) mass is 358 g/mol. The fourth-order valence-corrected chi connectivity index (χ4v) is 3.63. The summed E-state index contributed by atoms with van der Waals surface area (Å²) in [6.45, 7) is 5.16. The van der Waals surface area contributed by atoms with Gasteiger partial charge < -0.3 is 10.0 Å². The molecule has 1 saturated heterocycles. The van der Waals surface area contributed by atoms with Crippen LogP contribution in [0, 0.1) is 6.92 Å². The summed E-state index contributed by atoms with van der Waals surface area (Å²) in [6.07, 6.45) is 0.504. The number of hydrogen-bond acceptors (Lipinski definition) is 3. The van der Waals surface area contributed by atoms with Crippen molar-refractivity contribution < 1.29 is 9.90 Å². The molecule has 5 heteroatoms. The van der Waals surface area contributed by atoms with Crippen molar-refractivity contribution in [1.82, 2.24) is 4.90 Å². The maximum atomic E-state index is 11.9. The molecule has 1 aliphatic heterocycles. The fourth-order valence-electron chi connectivity index (χ4n) is 3.40. The summed E-state index contributed by atoms with van der Waals surface area (Å²) in [4.78, 5) is 16.2. The molecular formula is C20H23ClN2O2. The second kappa shape index (κ2) is 7.89. The first-order valence-corrected chi connectivity index (χ1v) is 8.94. The van der Waals surface area contributed by atoms with Gasteiger partial charge in [0.25, 0.3) is 0 Å². The van der Waals surface area contributed by atoms with Crippen molar-refractivity contribution in [3.05, 3.63) is 64.7 Å². The lowest BCUT2D eigenvalue weighted by Gasteiger charge is -2.39. The molecule has 1 atom stereocenters. The van der Waals surface area contributed by atoms with E-state index < -0.39 is 12.0 Å². The van der Waals surface area contributed by atoms with Crippen molar-refractivity contribution >= 4 is 23.3 Å². The zero-order chi connectivity index (χ0) is 17.8. The molecule has 132 valence electrons. The maximum absolute atomic E-state index is 11.9. The molecule has 0 spiro atoms. The van der Waals surface area contributed by atoms with Gasteiger partial charge in [0.15, 0.2) is 0 Å². The third-order valence-electron chi connectivity index (χ3n) is 4.88. The Kier molecular flexibility index (Phi) is 5.61. The summed E-state index contributed by atoms with van der Waals surface area (Å²) >= 11 is 6.01. The quantitative estimate of drug-likeness (QED) is 0.888. The molecule has 0 unspecified atom stereocenters. The van der Waals surface area contributed by atoms with Crippen LogP contribution in [0.3, 0.4) is 0 Å². The number of halogens is 1. The Morgan fingerprint density at radius 2 is 1.80 bits per heavy atom. The van der Waals surface area contributed by atoms with Crippen LogP contribution in [0.4, 0.5) is 5.69 Å². The molecule has 1 fully saturated rings. The van der Waals surface area contributed by atoms with Crippen molar-refractivity contribution in [3.63, 3.8) is 0 Å². The number of para-hydroxylation sites is 1. The predicted octanol–water partition coefficient (Wildman–Crippen LogP) is 3.47. The molecular weight excluding hydrogens is 336 g/mol. The standard InChI is InChI=1S/C20H23ClN2O2/c1-15-13-17(21)8-7-16(15)14-19(20(24)25)23-11-9-22(10-12-23)18-5-3-2-4-6-18/h2-8,13,19H,9-12,14H2,1H3,(H,24,25)/t19-/m1/s1. The van der Waals surface area contributed by atoms with E-state index in [1.807, 2.05) is 43.3 Å². The SMILES string of the molecule is Cc1cc(Cl)ccc1C[C@H](C(=O)O)N1CCN(c2ccccc2)CC1. The number of piperazine rings is 1. The van der Waals surface area contributed by atoms with Crippen LogP contribution in [-0.4, -0.2) is 48.2 Å². The number of hydrogen-bond donors (Lipinski definition) is 1. The number of carbonyl (C=O) groups is 1. The fraction of sp³-hybridized carbons (Fsp3) is 0.350. The van der Waals surface area contributed by atoms with Crippen molar-refractivity contribution in [3.8, 4) is 0 Å². The highest BCUT2D eigenvalue weighted by molar-refractivity contribution is 6.30. The van der Waals surface area contributed by atoms with E-state index in [0.717, 1.165) is 37.3 Å². The van der Waals surface area contributed by atoms with Gasteiger partial charge >= 0.3 is 5.97 Å². The van der Waals surface area contributed by atoms with Gasteiger partial charge in [-0.2, -0.15) is 0 Å². The third-order valence-corrected chi connectivity index (χ3v) is 5.11. The zero-order valence-corrected chi connectivity index (χ0v) is 15.1. The number of carboxylic acid groups (broad SMARTS) is 1. The van der Waals surface area contributed by atoms with E-state index in [-0.39, 0.29) is 0 Å². The average Bonchev–Trinajstić information content (AvgIpc) is 2.62. The molecule has 1 heterocycles. The van der Waals surface area contributed by atoms with Gasteiger partial charge in [0.2, 0.25) is 0 Å². The molecule has 0 radical (unpaired) electrons. The minimum Gasteiger partial charge on any atom is -0.480 e. The average molecular weight is 359 g/mol. The van der Waals surface area contributed by atoms with Crippen LogP contribution >= 0.6 is 11.6 Å². The molecule has 1 N–H and O–H groups in total. The van der Waals surface area contributed by atoms with Gasteiger partial charge in [-0.3, -0.25) is 9.69 Å². The number of nitrogens with zero attached hydrogens (tertiary/aromatic N) is 2. The molecule has 0 bridgehead atoms. The second-order valence-electron chi connectivity index (χ2n) is 6.49. The molecule has 0 saturated carbocycles. The van der Waals surface area contributed by atoms with Crippen molar-refractivity contribution in [2.75, 3.05) is 31.1 Å². The Labute approximate surface area is 153 Å². The molecule has 0 aromatic heterocycles. The van der Waals surface area contributed by atoms with Gasteiger partial charge in [0.1, 0.15) is 6.04 Å². The maximum Gasteiger partial charge on any atom is 0.321 e. The summed E-state index contributed by atoms with van der Waals surface area (Å²) in [5, 5.41) is 10.4. The zero-order valence-electron chi connectivity index (χ0n) is 14.4. The first kappa shape index (κ1) is 17.8. The van der Waals surface area contributed by atoms with Gasteiger partial charge in [0, 0.05) is 36.9 Å². The summed E-state index contributed by atoms with van der Waals surface area (Å²) in [5.41, 5.74) is 3.28. The highest BCUT2D eigenvalue weighted by Crippen LogP contribution is 2.21. The lowest BCUT2D eigenvalue weighted by molar-refractivity contribution is -0.143. The molecule has 3 rings (SSSR count). The predicted molar refractivity (Wildman–Crippen MR) is 102 cm³/mol. The lowest BCUT2D eigenvalue weighted by Crippen LogP contribution is -2.53. The molecule has 2 aromatic rings. The molecule has 25 heavy (non-hydrogen) atoms. The Morgan fingerprint density at radius 3 is 2.40 bits per heavy atom. The molecule has 1 aliphatic rings. The van der Waals surface area contributed by atoms with Crippen LogP contribution in [-0.2, 0) is 11.2 Å². The van der Waals surface area contributed by atoms with E-state index in [4.69, 9.17) is 11.6 Å².